The zero-order valence-electron chi connectivity index (χ0n) is 23.0. The van der Waals surface area contributed by atoms with Gasteiger partial charge in [0.25, 0.3) is 0 Å². The fourth-order valence-corrected chi connectivity index (χ4v) is 6.08. The van der Waals surface area contributed by atoms with Crippen LogP contribution in [-0.2, 0) is 0 Å². The zero-order chi connectivity index (χ0) is 28.9. The van der Waals surface area contributed by atoms with Gasteiger partial charge in [0.1, 0.15) is 11.5 Å². The first-order valence-electron chi connectivity index (χ1n) is 14.1. The van der Waals surface area contributed by atoms with E-state index in [2.05, 4.69) is 28.8 Å². The third-order valence-electron chi connectivity index (χ3n) is 8.02. The van der Waals surface area contributed by atoms with E-state index in [9.17, 15) is 10.2 Å². The van der Waals surface area contributed by atoms with E-state index in [0.29, 0.717) is 28.0 Å². The molecule has 0 spiro atoms. The zero-order valence-corrected chi connectivity index (χ0v) is 23.0. The highest BCUT2D eigenvalue weighted by atomic mass is 16.3. The Hall–Kier alpha value is -5.94. The Bertz CT molecular complexity index is 2370. The van der Waals surface area contributed by atoms with E-state index in [1.54, 1.807) is 12.3 Å². The molecule has 0 saturated heterocycles. The molecule has 0 aliphatic heterocycles. The predicted molar refractivity (Wildman–Crippen MR) is 176 cm³/mol. The number of fused-ring (bicyclic) bond motifs is 5. The van der Waals surface area contributed by atoms with E-state index in [1.165, 1.54) is 0 Å². The minimum Gasteiger partial charge on any atom is -0.507 e. The first kappa shape index (κ1) is 24.8. The number of hydrogen-bond donors (Lipinski definition) is 2. The number of phenolic OH excluding ortho intramolecular Hbond substituents is 2. The second-order valence-electron chi connectivity index (χ2n) is 10.6. The molecule has 0 amide bonds. The van der Waals surface area contributed by atoms with Gasteiger partial charge in [0.05, 0.1) is 34.3 Å². The van der Waals surface area contributed by atoms with Crippen molar-refractivity contribution in [3.63, 3.8) is 0 Å². The smallest absolute Gasteiger partial charge is 0.127 e. The van der Waals surface area contributed by atoms with Crippen LogP contribution >= 0.6 is 0 Å². The van der Waals surface area contributed by atoms with E-state index in [-0.39, 0.29) is 11.5 Å². The lowest BCUT2D eigenvalue weighted by molar-refractivity contribution is 0.478. The van der Waals surface area contributed by atoms with Gasteiger partial charge in [0, 0.05) is 38.9 Å². The molecule has 0 radical (unpaired) electrons. The number of phenols is 2. The third-order valence-corrected chi connectivity index (χ3v) is 8.02. The second kappa shape index (κ2) is 9.86. The number of para-hydroxylation sites is 2. The molecular formula is C38H25N3O2. The molecule has 0 bridgehead atoms. The van der Waals surface area contributed by atoms with Crippen LogP contribution in [0.15, 0.2) is 138 Å². The molecule has 0 aliphatic carbocycles. The molecule has 2 N–H and O–H groups in total. The quantitative estimate of drug-likeness (QED) is 0.213. The largest absolute Gasteiger partial charge is 0.507 e. The van der Waals surface area contributed by atoms with Crippen LogP contribution in [0.1, 0.15) is 5.69 Å². The van der Waals surface area contributed by atoms with Crippen molar-refractivity contribution in [2.24, 2.45) is 4.99 Å². The summed E-state index contributed by atoms with van der Waals surface area (Å²) in [5.74, 6) is 0.337. The minimum atomic E-state index is 0.151. The van der Waals surface area contributed by atoms with E-state index >= 15 is 0 Å². The number of aliphatic imine (C=N–C) groups is 1. The van der Waals surface area contributed by atoms with Gasteiger partial charge in [-0.3, -0.25) is 4.99 Å². The Balaban J connectivity index is 1.34. The molecule has 43 heavy (non-hydrogen) atoms. The molecule has 0 saturated carbocycles. The molecule has 0 fully saturated rings. The maximum absolute atomic E-state index is 11.6. The van der Waals surface area contributed by atoms with Gasteiger partial charge >= 0.3 is 0 Å². The summed E-state index contributed by atoms with van der Waals surface area (Å²) < 4.78 is 2.18. The van der Waals surface area contributed by atoms with Crippen LogP contribution in [-0.4, -0.2) is 26.0 Å². The molecular weight excluding hydrogens is 530 g/mol. The van der Waals surface area contributed by atoms with Gasteiger partial charge in [-0.1, -0.05) is 84.9 Å². The number of aromatic hydroxyl groups is 2. The van der Waals surface area contributed by atoms with Crippen LogP contribution in [0.2, 0.25) is 0 Å². The maximum atomic E-state index is 11.6. The lowest BCUT2D eigenvalue weighted by Crippen LogP contribution is -1.95. The predicted octanol–water partition coefficient (Wildman–Crippen LogP) is 9.31. The average Bonchev–Trinajstić information content (AvgIpc) is 3.36. The van der Waals surface area contributed by atoms with Crippen molar-refractivity contribution in [1.29, 1.82) is 0 Å². The van der Waals surface area contributed by atoms with Crippen molar-refractivity contribution < 1.29 is 10.2 Å². The van der Waals surface area contributed by atoms with Crippen molar-refractivity contribution in [1.82, 2.24) is 9.55 Å². The topological polar surface area (TPSA) is 70.6 Å². The van der Waals surface area contributed by atoms with Crippen molar-refractivity contribution in [3.05, 3.63) is 139 Å². The summed E-state index contributed by atoms with van der Waals surface area (Å²) in [6, 6.07) is 43.6. The highest BCUT2D eigenvalue weighted by Crippen LogP contribution is 2.41. The monoisotopic (exact) mass is 555 g/mol. The highest BCUT2D eigenvalue weighted by molar-refractivity contribution is 6.12. The molecule has 2 aromatic heterocycles. The fourth-order valence-electron chi connectivity index (χ4n) is 6.08. The number of benzene rings is 6. The lowest BCUT2D eigenvalue weighted by Gasteiger charge is -2.12. The number of nitrogens with zero attached hydrogens (tertiary/aromatic N) is 3. The number of hydrogen-bond acceptors (Lipinski definition) is 4. The second-order valence-corrected chi connectivity index (χ2v) is 10.6. The summed E-state index contributed by atoms with van der Waals surface area (Å²) in [4.78, 5) is 9.77. The van der Waals surface area contributed by atoms with Crippen LogP contribution in [0.3, 0.4) is 0 Å². The van der Waals surface area contributed by atoms with Gasteiger partial charge in [0.2, 0.25) is 0 Å². The highest BCUT2D eigenvalue weighted by Gasteiger charge is 2.18. The average molecular weight is 556 g/mol. The third kappa shape index (κ3) is 4.10. The van der Waals surface area contributed by atoms with Crippen LogP contribution in [0.25, 0.3) is 60.3 Å². The summed E-state index contributed by atoms with van der Waals surface area (Å²) >= 11 is 0. The fraction of sp³-hybridized carbons (Fsp3) is 0. The first-order chi connectivity index (χ1) is 21.2. The molecule has 8 aromatic rings. The van der Waals surface area contributed by atoms with Gasteiger partial charge in [-0.25, -0.2) is 4.98 Å². The normalized spacial score (nSPS) is 11.8. The van der Waals surface area contributed by atoms with Crippen LogP contribution in [0.5, 0.6) is 11.5 Å². The summed E-state index contributed by atoms with van der Waals surface area (Å²) in [6.45, 7) is 0. The summed E-state index contributed by atoms with van der Waals surface area (Å²) in [5, 5.41) is 27.7. The molecule has 0 aliphatic rings. The SMILES string of the molecule is Oc1cc2c(cc1-c1nc(C=Nc3cccc4cccc(O)c34)cc3ccccc13)c1ccccc1n2-c1ccccc1. The first-order valence-corrected chi connectivity index (χ1v) is 14.1. The number of pyridine rings is 1. The molecule has 0 unspecified atom stereocenters. The van der Waals surface area contributed by atoms with Gasteiger partial charge in [-0.05, 0) is 53.2 Å². The molecule has 2 heterocycles. The molecule has 5 heteroatoms. The minimum absolute atomic E-state index is 0.151. The number of rotatable bonds is 4. The Labute approximate surface area is 247 Å². The van der Waals surface area contributed by atoms with Gasteiger partial charge in [0.15, 0.2) is 0 Å². The van der Waals surface area contributed by atoms with E-state index < -0.39 is 0 Å². The van der Waals surface area contributed by atoms with Gasteiger partial charge in [-0.2, -0.15) is 0 Å². The van der Waals surface area contributed by atoms with Crippen molar-refractivity contribution in [2.45, 2.75) is 0 Å². The molecule has 204 valence electrons. The molecule has 8 rings (SSSR count). The molecule has 5 nitrogen and oxygen atoms in total. The standard InChI is InChI=1S/C38H25N3O2/c42-35-19-9-12-24-11-8-17-32(37(24)35)39-23-26-20-25-10-4-5-15-28(25)38(40-26)31-21-30-29-16-6-7-18-33(29)41(34(30)22-36(31)43)27-13-2-1-3-14-27/h1-23,42-43H. The Morgan fingerprint density at radius 3 is 2.16 bits per heavy atom. The molecule has 6 aromatic carbocycles. The number of aromatic nitrogens is 2. The van der Waals surface area contributed by atoms with Gasteiger partial charge < -0.3 is 14.8 Å². The summed E-state index contributed by atoms with van der Waals surface area (Å²) in [6.07, 6.45) is 1.72. The summed E-state index contributed by atoms with van der Waals surface area (Å²) in [5.41, 5.74) is 5.65. The molecule has 0 atom stereocenters. The lowest BCUT2D eigenvalue weighted by atomic mass is 10.00. The van der Waals surface area contributed by atoms with Crippen LogP contribution < -0.4 is 0 Å². The van der Waals surface area contributed by atoms with Crippen LogP contribution in [0.4, 0.5) is 5.69 Å². The Morgan fingerprint density at radius 2 is 1.30 bits per heavy atom. The van der Waals surface area contributed by atoms with E-state index in [4.69, 9.17) is 9.98 Å². The van der Waals surface area contributed by atoms with Crippen LogP contribution in [0, 0.1) is 0 Å². The Kier molecular flexibility index (Phi) is 5.69. The van der Waals surface area contributed by atoms with Crippen molar-refractivity contribution in [3.8, 4) is 28.4 Å². The summed E-state index contributed by atoms with van der Waals surface area (Å²) in [7, 11) is 0. The van der Waals surface area contributed by atoms with Crippen molar-refractivity contribution >= 4 is 55.3 Å². The van der Waals surface area contributed by atoms with Gasteiger partial charge in [-0.15, -0.1) is 0 Å². The van der Waals surface area contributed by atoms with E-state index in [1.807, 2.05) is 103 Å². The Morgan fingerprint density at radius 1 is 0.581 bits per heavy atom. The van der Waals surface area contributed by atoms with E-state index in [0.717, 1.165) is 43.7 Å². The maximum Gasteiger partial charge on any atom is 0.127 e. The van der Waals surface area contributed by atoms with Crippen molar-refractivity contribution in [2.75, 3.05) is 0 Å².